The summed E-state index contributed by atoms with van der Waals surface area (Å²) < 4.78 is 83.3. The van der Waals surface area contributed by atoms with Gasteiger partial charge in [-0.05, 0) is 146 Å². The third-order valence-corrected chi connectivity index (χ3v) is 9.71. The number of aromatic hydroxyl groups is 1. The molecule has 0 aliphatic heterocycles. The van der Waals surface area contributed by atoms with Crippen LogP contribution >= 0.6 is 0 Å². The molecule has 22 heteroatoms. The molecule has 7 rings (SSSR count). The van der Waals surface area contributed by atoms with Crippen molar-refractivity contribution in [3.63, 3.8) is 0 Å². The lowest BCUT2D eigenvalue weighted by atomic mass is 10.1. The first kappa shape index (κ1) is 48.0. The summed E-state index contributed by atoms with van der Waals surface area (Å²) in [6.07, 6.45) is 0. The molecule has 0 aliphatic rings. The Bertz CT molecular complexity index is 3300. The minimum Gasteiger partial charge on any atom is -0.505 e. The van der Waals surface area contributed by atoms with Crippen LogP contribution in [0.15, 0.2) is 185 Å². The minimum absolute atomic E-state index is 0.0243. The molecule has 0 radical (unpaired) electrons. The number of hydrogen-bond acceptors (Lipinski definition) is 18. The summed E-state index contributed by atoms with van der Waals surface area (Å²) in [5.41, 5.74) is 8.51. The van der Waals surface area contributed by atoms with Gasteiger partial charge in [0.05, 0.1) is 34.1 Å². The molecule has 7 aromatic carbocycles. The Hall–Kier alpha value is -8.05. The molecule has 19 nitrogen and oxygen atoms in total. The predicted octanol–water partition coefficient (Wildman–Crippen LogP) is 12.1. The lowest BCUT2D eigenvalue weighted by Crippen LogP contribution is -1.97. The maximum absolute atomic E-state index is 11.6. The fourth-order valence-corrected chi connectivity index (χ4v) is 6.37. The Kier molecular flexibility index (Phi) is 16.5. The summed E-state index contributed by atoms with van der Waals surface area (Å²) in [7, 11) is -10.7. The van der Waals surface area contributed by atoms with E-state index in [1.165, 1.54) is 18.2 Å². The molecule has 3 N–H and O–H groups in total. The van der Waals surface area contributed by atoms with Gasteiger partial charge in [0, 0.05) is 16.8 Å². The van der Waals surface area contributed by atoms with Crippen molar-refractivity contribution in [3.8, 4) is 5.75 Å². The van der Waals surface area contributed by atoms with E-state index >= 15 is 0 Å². The van der Waals surface area contributed by atoms with Gasteiger partial charge in [-0.25, -0.2) is 0 Å². The highest BCUT2D eigenvalue weighted by molar-refractivity contribution is 7.86. The number of rotatable bonds is 11. The number of nitrogens with one attached hydrogen (secondary N) is 1. The summed E-state index contributed by atoms with van der Waals surface area (Å²) in [5, 5.41) is 50.5. The number of fused-ring (bicyclic) bond motifs is 1. The first-order valence-electron chi connectivity index (χ1n) is 18.6. The topological polar surface area (TPSA) is 288 Å². The van der Waals surface area contributed by atoms with Crippen LogP contribution in [0.4, 0.5) is 56.9 Å². The summed E-state index contributed by atoms with van der Waals surface area (Å²) >= 11 is 0. The average Bonchev–Trinajstić information content (AvgIpc) is 3.25. The minimum atomic E-state index is -4.43. The van der Waals surface area contributed by atoms with E-state index in [2.05, 4.69) is 46.2 Å². The van der Waals surface area contributed by atoms with E-state index < -0.39 is 31.3 Å². The van der Waals surface area contributed by atoms with Gasteiger partial charge in [0.1, 0.15) is 16.3 Å². The Morgan fingerprint density at radius 3 is 1.49 bits per heavy atom. The predicted molar refractivity (Wildman–Crippen MR) is 241 cm³/mol. The second-order valence-electron chi connectivity index (χ2n) is 13.4. The van der Waals surface area contributed by atoms with Crippen molar-refractivity contribution in [1.82, 2.24) is 0 Å². The van der Waals surface area contributed by atoms with Crippen molar-refractivity contribution in [2.45, 2.75) is 25.7 Å². The monoisotopic (exact) mass is 933 g/mol. The second-order valence-corrected chi connectivity index (χ2v) is 15.6. The highest BCUT2D eigenvalue weighted by atomic mass is 32.2. The van der Waals surface area contributed by atoms with Crippen LogP contribution in [0.3, 0.4) is 0 Å². The molecule has 0 aromatic heterocycles. The van der Waals surface area contributed by atoms with Crippen molar-refractivity contribution in [2.24, 2.45) is 40.9 Å². The highest BCUT2D eigenvalue weighted by Gasteiger charge is 2.14. The molecule has 0 saturated carbocycles. The van der Waals surface area contributed by atoms with E-state index in [0.717, 1.165) is 33.5 Å². The zero-order valence-electron chi connectivity index (χ0n) is 34.2. The maximum Gasteiger partial charge on any atom is 0.425 e. The van der Waals surface area contributed by atoms with E-state index in [4.69, 9.17) is 25.3 Å². The maximum atomic E-state index is 11.6. The number of benzene rings is 7. The molecule has 0 atom stereocenters. The molecule has 0 heterocycles. The van der Waals surface area contributed by atoms with E-state index in [0.29, 0.717) is 45.2 Å². The first-order valence-corrected chi connectivity index (χ1v) is 22.1. The van der Waals surface area contributed by atoms with E-state index in [-0.39, 0.29) is 16.3 Å². The summed E-state index contributed by atoms with van der Waals surface area (Å²) in [4.78, 5) is -0.325. The summed E-state index contributed by atoms with van der Waals surface area (Å²) in [5.74, 6) is 0.0600. The quantitative estimate of drug-likeness (QED) is 0.0809. The van der Waals surface area contributed by atoms with E-state index in [9.17, 15) is 18.1 Å². The van der Waals surface area contributed by atoms with Crippen LogP contribution in [0.5, 0.6) is 5.75 Å². The Balaban J connectivity index is 0.000000917. The molecule has 0 unspecified atom stereocenters. The van der Waals surface area contributed by atoms with Crippen molar-refractivity contribution in [1.29, 1.82) is 0 Å². The average molecular weight is 934 g/mol. The van der Waals surface area contributed by atoms with Gasteiger partial charge in [-0.1, -0.05) is 36.4 Å². The normalized spacial score (nSPS) is 11.4. The van der Waals surface area contributed by atoms with Crippen LogP contribution in [-0.4, -0.2) is 43.3 Å². The van der Waals surface area contributed by atoms with E-state index in [1.54, 1.807) is 42.5 Å². The smallest absolute Gasteiger partial charge is 0.425 e. The van der Waals surface area contributed by atoms with E-state index in [1.807, 2.05) is 99.6 Å². The molecule has 0 amide bonds. The lowest BCUT2D eigenvalue weighted by molar-refractivity contribution is 0.482. The summed E-state index contributed by atoms with van der Waals surface area (Å²) in [6.45, 7) is 5.75. The van der Waals surface area contributed by atoms with Crippen LogP contribution < -0.4 is 5.32 Å². The lowest BCUT2D eigenvalue weighted by Gasteiger charge is -2.09. The van der Waals surface area contributed by atoms with Crippen LogP contribution in [0.1, 0.15) is 16.7 Å². The van der Waals surface area contributed by atoms with Crippen LogP contribution in [-0.2, 0) is 31.3 Å². The number of hydrogen-bond donors (Lipinski definition) is 3. The standard InChI is InChI=1S/C43H35N9O4S.2O3S/c1-27-23-35(19-22-37(27)48-45-32-14-16-33(17-15-32)46-49-38-11-7-8-12-42(38)57(54,55)56)47-51-40-24-29(3)41(25-28(40)2)52-50-39-21-13-30-26-34(18-20-36(30)43(39)53)44-31-9-5-4-6-10-31;2*1-4(2)3/h4-26,44,53H,1-3H3,(H,54,55,56);;. The molecule has 0 bridgehead atoms. The van der Waals surface area contributed by atoms with Gasteiger partial charge in [0.15, 0.2) is 5.75 Å². The largest absolute Gasteiger partial charge is 0.505 e. The van der Waals surface area contributed by atoms with Crippen molar-refractivity contribution in [2.75, 3.05) is 5.32 Å². The molecule has 0 spiro atoms. The van der Waals surface area contributed by atoms with Crippen LogP contribution in [0.25, 0.3) is 10.8 Å². The number of azo groups is 4. The van der Waals surface area contributed by atoms with Gasteiger partial charge in [0.2, 0.25) is 0 Å². The Labute approximate surface area is 374 Å². The van der Waals surface area contributed by atoms with Crippen LogP contribution in [0, 0.1) is 20.8 Å². The third-order valence-electron chi connectivity index (χ3n) is 8.81. The van der Waals surface area contributed by atoms with Crippen molar-refractivity contribution in [3.05, 3.63) is 156 Å². The molecule has 0 aliphatic carbocycles. The molecule has 7 aromatic rings. The van der Waals surface area contributed by atoms with Crippen molar-refractivity contribution >= 4 is 99.0 Å². The number of phenolic OH excluding ortho intramolecular Hbond substituents is 1. The SMILES string of the molecule is Cc1cc(N=Nc2cc(C)c(N=Nc3ccc4cc(Nc5ccccc5)ccc4c3O)cc2C)ccc1N=Nc1ccc(N=Nc2ccccc2S(=O)(=O)O)cc1.O=S(=O)=O.O=S(=O)=O. The van der Waals surface area contributed by atoms with Gasteiger partial charge in [-0.2, -0.15) is 39.1 Å². The molecule has 0 saturated heterocycles. The molecule has 65 heavy (non-hydrogen) atoms. The molecular weight excluding hydrogens is 899 g/mol. The van der Waals surface area contributed by atoms with Gasteiger partial charge in [-0.15, -0.1) is 35.5 Å². The number of nitrogens with zero attached hydrogens (tertiary/aromatic N) is 8. The fourth-order valence-electron chi connectivity index (χ4n) is 5.75. The Morgan fingerprint density at radius 1 is 0.446 bits per heavy atom. The zero-order chi connectivity index (χ0) is 47.1. The number of anilines is 2. The second kappa shape index (κ2) is 22.3. The molecule has 0 fully saturated rings. The molecule has 330 valence electrons. The third kappa shape index (κ3) is 14.5. The zero-order valence-corrected chi connectivity index (χ0v) is 36.7. The molecular formula is C43H35N9O10S3. The number of aryl methyl sites for hydroxylation is 3. The van der Waals surface area contributed by atoms with Gasteiger partial charge >= 0.3 is 21.2 Å². The van der Waals surface area contributed by atoms with Crippen LogP contribution in [0.2, 0.25) is 0 Å². The van der Waals surface area contributed by atoms with Gasteiger partial charge in [-0.3, -0.25) is 4.55 Å². The summed E-state index contributed by atoms with van der Waals surface area (Å²) in [6, 6.07) is 41.1. The first-order chi connectivity index (χ1) is 31.0. The number of para-hydroxylation sites is 1. The van der Waals surface area contributed by atoms with Crippen molar-refractivity contribution < 1.29 is 43.3 Å². The number of phenols is 1. The van der Waals surface area contributed by atoms with Gasteiger partial charge < -0.3 is 10.4 Å². The fraction of sp³-hybridized carbons (Fsp3) is 0.0698. The van der Waals surface area contributed by atoms with Gasteiger partial charge in [0.25, 0.3) is 10.1 Å². The Morgan fingerprint density at radius 2 is 0.908 bits per heavy atom. The highest BCUT2D eigenvalue weighted by Crippen LogP contribution is 2.38.